The molecule has 2 aliphatic rings. The number of morpholine rings is 1. The lowest BCUT2D eigenvalue weighted by Gasteiger charge is -2.29. The van der Waals surface area contributed by atoms with Gasteiger partial charge in [0, 0.05) is 29.8 Å². The third-order valence-electron chi connectivity index (χ3n) is 6.50. The van der Waals surface area contributed by atoms with Gasteiger partial charge in [0.1, 0.15) is 5.75 Å². The van der Waals surface area contributed by atoms with Crippen LogP contribution in [-0.2, 0) is 23.8 Å². The van der Waals surface area contributed by atoms with Gasteiger partial charge in [0.25, 0.3) is 5.91 Å². The van der Waals surface area contributed by atoms with Gasteiger partial charge < -0.3 is 23.8 Å². The number of rotatable bonds is 6. The Morgan fingerprint density at radius 3 is 2.03 bits per heavy atom. The van der Waals surface area contributed by atoms with Crippen LogP contribution in [0.3, 0.4) is 0 Å². The van der Waals surface area contributed by atoms with Crippen molar-refractivity contribution in [3.05, 3.63) is 70.2 Å². The van der Waals surface area contributed by atoms with Crippen molar-refractivity contribution in [3.63, 3.8) is 0 Å². The van der Waals surface area contributed by atoms with E-state index in [1.54, 1.807) is 25.0 Å². The van der Waals surface area contributed by atoms with Gasteiger partial charge in [0.15, 0.2) is 0 Å². The van der Waals surface area contributed by atoms with E-state index < -0.39 is 11.6 Å². The summed E-state index contributed by atoms with van der Waals surface area (Å²) in [5.74, 6) is -0.633. The number of hydrogen-bond donors (Lipinski definition) is 0. The van der Waals surface area contributed by atoms with Crippen LogP contribution in [-0.4, -0.2) is 70.0 Å². The smallest absolute Gasteiger partial charge is 0.254 e. The Kier molecular flexibility index (Phi) is 7.26. The fourth-order valence-corrected chi connectivity index (χ4v) is 4.67. The van der Waals surface area contributed by atoms with Crippen molar-refractivity contribution in [2.24, 2.45) is 0 Å². The van der Waals surface area contributed by atoms with Gasteiger partial charge in [-0.05, 0) is 54.3 Å². The highest BCUT2D eigenvalue weighted by Crippen LogP contribution is 2.37. The molecule has 8 nitrogen and oxygen atoms in total. The van der Waals surface area contributed by atoms with E-state index in [1.807, 2.05) is 37.3 Å². The molecule has 1 amide bonds. The topological polar surface area (TPSA) is 91.4 Å². The monoisotopic (exact) mass is 491 g/mol. The number of ether oxygens (including phenoxy) is 4. The minimum absolute atomic E-state index is 0.125. The minimum Gasteiger partial charge on any atom is -0.497 e. The van der Waals surface area contributed by atoms with E-state index in [0.29, 0.717) is 43.2 Å². The molecule has 0 bridgehead atoms. The van der Waals surface area contributed by atoms with Crippen LogP contribution < -0.4 is 4.74 Å². The Labute approximate surface area is 210 Å². The first-order valence-electron chi connectivity index (χ1n) is 11.6. The Morgan fingerprint density at radius 2 is 1.44 bits per heavy atom. The van der Waals surface area contributed by atoms with Gasteiger partial charge in [-0.1, -0.05) is 18.2 Å². The molecular formula is C28H29NO7. The van der Waals surface area contributed by atoms with E-state index in [4.69, 9.17) is 18.9 Å². The van der Waals surface area contributed by atoms with Crippen molar-refractivity contribution in [1.82, 2.24) is 4.90 Å². The largest absolute Gasteiger partial charge is 0.497 e. The van der Waals surface area contributed by atoms with Crippen molar-refractivity contribution in [2.75, 3.05) is 47.6 Å². The maximum absolute atomic E-state index is 13.8. The zero-order chi connectivity index (χ0) is 26.0. The second-order valence-corrected chi connectivity index (χ2v) is 8.57. The van der Waals surface area contributed by atoms with Crippen molar-refractivity contribution in [1.29, 1.82) is 0 Å². The van der Waals surface area contributed by atoms with E-state index in [2.05, 4.69) is 0 Å². The molecule has 4 rings (SSSR count). The average Bonchev–Trinajstić information content (AvgIpc) is 2.90. The molecule has 0 unspecified atom stereocenters. The van der Waals surface area contributed by atoms with E-state index in [9.17, 15) is 14.4 Å². The number of benzene rings is 2. The highest BCUT2D eigenvalue weighted by atomic mass is 16.5. The predicted molar refractivity (Wildman–Crippen MR) is 134 cm³/mol. The van der Waals surface area contributed by atoms with Gasteiger partial charge in [-0.2, -0.15) is 0 Å². The fourth-order valence-electron chi connectivity index (χ4n) is 4.67. The molecule has 0 N–H and O–H groups in total. The molecule has 36 heavy (non-hydrogen) atoms. The molecule has 2 aromatic carbocycles. The van der Waals surface area contributed by atoms with Crippen LogP contribution in [0.4, 0.5) is 0 Å². The molecule has 1 saturated heterocycles. The SMILES string of the molecule is COC1=C(OC)C(=O)C(c2cc(C)c(-c3ccc(OC)cc3)c(C(=O)N3CCOCC3)c2)=C(C)C1=O. The highest BCUT2D eigenvalue weighted by Gasteiger charge is 2.36. The first-order chi connectivity index (χ1) is 17.3. The maximum atomic E-state index is 13.8. The summed E-state index contributed by atoms with van der Waals surface area (Å²) >= 11 is 0. The minimum atomic E-state index is -0.465. The quantitative estimate of drug-likeness (QED) is 0.571. The van der Waals surface area contributed by atoms with E-state index in [1.165, 1.54) is 14.2 Å². The summed E-state index contributed by atoms with van der Waals surface area (Å²) in [6, 6.07) is 11.0. The van der Waals surface area contributed by atoms with Crippen LogP contribution >= 0.6 is 0 Å². The number of carbonyl (C=O) groups excluding carboxylic acids is 3. The van der Waals surface area contributed by atoms with E-state index in [0.717, 1.165) is 16.7 Å². The van der Waals surface area contributed by atoms with Crippen LogP contribution in [0, 0.1) is 6.92 Å². The lowest BCUT2D eigenvalue weighted by atomic mass is 9.84. The van der Waals surface area contributed by atoms with Gasteiger partial charge >= 0.3 is 0 Å². The second-order valence-electron chi connectivity index (χ2n) is 8.57. The van der Waals surface area contributed by atoms with Crippen molar-refractivity contribution in [2.45, 2.75) is 13.8 Å². The third kappa shape index (κ3) is 4.40. The van der Waals surface area contributed by atoms with Gasteiger partial charge in [-0.25, -0.2) is 0 Å². The first-order valence-corrected chi connectivity index (χ1v) is 11.6. The Hall–Kier alpha value is -3.91. The summed E-state index contributed by atoms with van der Waals surface area (Å²) in [6.07, 6.45) is 0. The van der Waals surface area contributed by atoms with Crippen LogP contribution in [0.15, 0.2) is 53.5 Å². The normalized spacial score (nSPS) is 16.4. The lowest BCUT2D eigenvalue weighted by Crippen LogP contribution is -2.41. The van der Waals surface area contributed by atoms with Crippen LogP contribution in [0.1, 0.15) is 28.4 Å². The summed E-state index contributed by atoms with van der Waals surface area (Å²) in [7, 11) is 4.24. The number of Topliss-reactive ketones (excluding diaryl/α,β-unsaturated/α-hetero) is 2. The molecular weight excluding hydrogens is 462 g/mol. The standard InChI is InChI=1S/C28H29NO7/c1-16-14-19(23-17(2)24(30)26(34-4)27(35-5)25(23)31)15-21(28(32)29-10-12-36-13-11-29)22(16)18-6-8-20(33-3)9-7-18/h6-9,14-15H,10-13H2,1-5H3. The number of methoxy groups -OCH3 is 3. The first kappa shape index (κ1) is 25.2. The molecule has 1 heterocycles. The molecule has 0 aromatic heterocycles. The summed E-state index contributed by atoms with van der Waals surface area (Å²) in [4.78, 5) is 41.9. The highest BCUT2D eigenvalue weighted by molar-refractivity contribution is 6.38. The zero-order valence-electron chi connectivity index (χ0n) is 21.1. The molecule has 2 aromatic rings. The molecule has 1 fully saturated rings. The lowest BCUT2D eigenvalue weighted by molar-refractivity contribution is -0.119. The van der Waals surface area contributed by atoms with Gasteiger partial charge in [-0.15, -0.1) is 0 Å². The number of nitrogens with zero attached hydrogens (tertiary/aromatic N) is 1. The van der Waals surface area contributed by atoms with E-state index >= 15 is 0 Å². The number of ketones is 2. The molecule has 1 aliphatic heterocycles. The second kappa shape index (κ2) is 10.4. The summed E-state index contributed by atoms with van der Waals surface area (Å²) in [5, 5.41) is 0. The number of aryl methyl sites for hydroxylation is 1. The molecule has 8 heteroatoms. The summed E-state index contributed by atoms with van der Waals surface area (Å²) in [6.45, 7) is 5.33. The predicted octanol–water partition coefficient (Wildman–Crippen LogP) is 3.57. The van der Waals surface area contributed by atoms with Crippen LogP contribution in [0.5, 0.6) is 5.75 Å². The maximum Gasteiger partial charge on any atom is 0.254 e. The molecule has 0 saturated carbocycles. The fraction of sp³-hybridized carbons (Fsp3) is 0.321. The van der Waals surface area contributed by atoms with Crippen LogP contribution in [0.2, 0.25) is 0 Å². The Morgan fingerprint density at radius 1 is 0.833 bits per heavy atom. The molecule has 188 valence electrons. The number of carbonyl (C=O) groups is 3. The number of amides is 1. The summed E-state index contributed by atoms with van der Waals surface area (Å²) < 4.78 is 21.1. The molecule has 0 radical (unpaired) electrons. The zero-order valence-corrected chi connectivity index (χ0v) is 21.1. The number of hydrogen-bond acceptors (Lipinski definition) is 7. The van der Waals surface area contributed by atoms with E-state index in [-0.39, 0.29) is 28.6 Å². The van der Waals surface area contributed by atoms with Crippen molar-refractivity contribution < 1.29 is 33.3 Å². The average molecular weight is 492 g/mol. The number of allylic oxidation sites excluding steroid dienone is 2. The van der Waals surface area contributed by atoms with Crippen molar-refractivity contribution >= 4 is 23.0 Å². The van der Waals surface area contributed by atoms with Crippen molar-refractivity contribution in [3.8, 4) is 16.9 Å². The Balaban J connectivity index is 1.91. The third-order valence-corrected chi connectivity index (χ3v) is 6.50. The van der Waals surface area contributed by atoms with Gasteiger partial charge in [0.2, 0.25) is 23.1 Å². The molecule has 0 spiro atoms. The van der Waals surface area contributed by atoms with Crippen LogP contribution in [0.25, 0.3) is 16.7 Å². The van der Waals surface area contributed by atoms with Gasteiger partial charge in [-0.3, -0.25) is 14.4 Å². The van der Waals surface area contributed by atoms with Gasteiger partial charge in [0.05, 0.1) is 34.5 Å². The molecule has 0 atom stereocenters. The molecule has 1 aliphatic carbocycles. The summed E-state index contributed by atoms with van der Waals surface area (Å²) in [5.41, 5.74) is 3.73. The Bertz CT molecular complexity index is 1280.